The summed E-state index contributed by atoms with van der Waals surface area (Å²) >= 11 is 11.9. The Morgan fingerprint density at radius 1 is 1.29 bits per heavy atom. The van der Waals surface area contributed by atoms with Crippen LogP contribution in [0.5, 0.6) is 0 Å². The molecule has 0 radical (unpaired) electrons. The molecule has 0 spiro atoms. The molecular formula is C12H16Cl2N2O. The SMILES string of the molecule is CC(C)(NC(=O)CCN)c1cc(Cl)cc(Cl)c1. The number of nitrogens with two attached hydrogens (primary N) is 1. The number of carbonyl (C=O) groups is 1. The van der Waals surface area contributed by atoms with E-state index in [0.717, 1.165) is 5.56 Å². The maximum Gasteiger partial charge on any atom is 0.221 e. The van der Waals surface area contributed by atoms with E-state index >= 15 is 0 Å². The third kappa shape index (κ3) is 4.19. The minimum Gasteiger partial charge on any atom is -0.347 e. The maximum absolute atomic E-state index is 11.5. The minimum absolute atomic E-state index is 0.0893. The third-order valence-corrected chi connectivity index (χ3v) is 2.84. The quantitative estimate of drug-likeness (QED) is 0.887. The van der Waals surface area contributed by atoms with Crippen LogP contribution in [0.15, 0.2) is 18.2 Å². The zero-order valence-electron chi connectivity index (χ0n) is 9.89. The molecule has 1 aromatic carbocycles. The van der Waals surface area contributed by atoms with Crippen molar-refractivity contribution in [3.63, 3.8) is 0 Å². The second-order valence-corrected chi connectivity index (χ2v) is 5.24. The van der Waals surface area contributed by atoms with Crippen LogP contribution in [0.25, 0.3) is 0 Å². The van der Waals surface area contributed by atoms with E-state index in [0.29, 0.717) is 23.0 Å². The van der Waals surface area contributed by atoms with Crippen LogP contribution < -0.4 is 11.1 Å². The van der Waals surface area contributed by atoms with Crippen LogP contribution in [0.1, 0.15) is 25.8 Å². The van der Waals surface area contributed by atoms with Gasteiger partial charge in [0.1, 0.15) is 0 Å². The largest absolute Gasteiger partial charge is 0.347 e. The molecule has 0 fully saturated rings. The van der Waals surface area contributed by atoms with E-state index in [1.165, 1.54) is 0 Å². The first-order valence-electron chi connectivity index (χ1n) is 5.33. The zero-order valence-corrected chi connectivity index (χ0v) is 11.4. The number of amides is 1. The number of carbonyl (C=O) groups excluding carboxylic acids is 1. The van der Waals surface area contributed by atoms with E-state index in [1.54, 1.807) is 18.2 Å². The lowest BCUT2D eigenvalue weighted by molar-refractivity contribution is -0.122. The predicted molar refractivity (Wildman–Crippen MR) is 71.3 cm³/mol. The van der Waals surface area contributed by atoms with Crippen molar-refractivity contribution in [1.29, 1.82) is 0 Å². The van der Waals surface area contributed by atoms with E-state index in [9.17, 15) is 4.79 Å². The fraction of sp³-hybridized carbons (Fsp3) is 0.417. The van der Waals surface area contributed by atoms with Gasteiger partial charge in [0.05, 0.1) is 5.54 Å². The first-order valence-corrected chi connectivity index (χ1v) is 6.08. The van der Waals surface area contributed by atoms with Gasteiger partial charge >= 0.3 is 0 Å². The number of hydrogen-bond acceptors (Lipinski definition) is 2. The smallest absolute Gasteiger partial charge is 0.221 e. The monoisotopic (exact) mass is 274 g/mol. The number of halogens is 2. The minimum atomic E-state index is -0.527. The van der Waals surface area contributed by atoms with Crippen molar-refractivity contribution < 1.29 is 4.79 Å². The van der Waals surface area contributed by atoms with Gasteiger partial charge in [0.2, 0.25) is 5.91 Å². The van der Waals surface area contributed by atoms with Crippen LogP contribution >= 0.6 is 23.2 Å². The van der Waals surface area contributed by atoms with E-state index in [2.05, 4.69) is 5.32 Å². The molecule has 3 N–H and O–H groups in total. The summed E-state index contributed by atoms with van der Waals surface area (Å²) < 4.78 is 0. The van der Waals surface area contributed by atoms with Gasteiger partial charge in [0.25, 0.3) is 0 Å². The van der Waals surface area contributed by atoms with Gasteiger partial charge in [-0.3, -0.25) is 4.79 Å². The molecule has 0 heterocycles. The summed E-state index contributed by atoms with van der Waals surface area (Å²) in [6, 6.07) is 5.23. The van der Waals surface area contributed by atoms with Gasteiger partial charge < -0.3 is 11.1 Å². The molecule has 1 rings (SSSR count). The highest BCUT2D eigenvalue weighted by molar-refractivity contribution is 6.34. The lowest BCUT2D eigenvalue weighted by atomic mass is 9.94. The first kappa shape index (κ1) is 14.3. The zero-order chi connectivity index (χ0) is 13.1. The predicted octanol–water partition coefficient (Wildman–Crippen LogP) is 2.69. The van der Waals surface area contributed by atoms with Crippen molar-refractivity contribution in [3.8, 4) is 0 Å². The van der Waals surface area contributed by atoms with Crippen molar-refractivity contribution in [2.45, 2.75) is 25.8 Å². The van der Waals surface area contributed by atoms with Gasteiger partial charge in [-0.25, -0.2) is 0 Å². The summed E-state index contributed by atoms with van der Waals surface area (Å²) in [6.07, 6.45) is 0.303. The Bertz CT molecular complexity index is 399. The van der Waals surface area contributed by atoms with Crippen molar-refractivity contribution in [2.75, 3.05) is 6.54 Å². The number of hydrogen-bond donors (Lipinski definition) is 2. The lowest BCUT2D eigenvalue weighted by Gasteiger charge is -2.27. The van der Waals surface area contributed by atoms with Crippen LogP contribution in [0, 0.1) is 0 Å². The fourth-order valence-electron chi connectivity index (χ4n) is 1.53. The van der Waals surface area contributed by atoms with Gasteiger partial charge in [0, 0.05) is 23.0 Å². The normalized spacial score (nSPS) is 11.4. The molecular weight excluding hydrogens is 259 g/mol. The summed E-state index contributed by atoms with van der Waals surface area (Å²) in [5, 5.41) is 3.99. The van der Waals surface area contributed by atoms with Crippen molar-refractivity contribution in [2.24, 2.45) is 5.73 Å². The Labute approximate surface area is 111 Å². The van der Waals surface area contributed by atoms with Crippen LogP contribution in [0.3, 0.4) is 0 Å². The number of nitrogens with one attached hydrogen (secondary N) is 1. The molecule has 0 aliphatic carbocycles. The van der Waals surface area contributed by atoms with Crippen molar-refractivity contribution in [3.05, 3.63) is 33.8 Å². The van der Waals surface area contributed by atoms with Gasteiger partial charge in [-0.05, 0) is 37.6 Å². The van der Waals surface area contributed by atoms with Crippen LogP contribution in [0.4, 0.5) is 0 Å². The topological polar surface area (TPSA) is 55.1 Å². The molecule has 0 aliphatic rings. The lowest BCUT2D eigenvalue weighted by Crippen LogP contribution is -2.41. The summed E-state index contributed by atoms with van der Waals surface area (Å²) in [5.74, 6) is -0.0893. The molecule has 5 heteroatoms. The summed E-state index contributed by atoms with van der Waals surface area (Å²) in [5.41, 5.74) is 5.67. The molecule has 0 unspecified atom stereocenters. The molecule has 1 aromatic rings. The molecule has 0 saturated carbocycles. The standard InChI is InChI=1S/C12H16Cl2N2O/c1-12(2,16-11(17)3-4-15)8-5-9(13)7-10(14)6-8/h5-7H,3-4,15H2,1-2H3,(H,16,17). The third-order valence-electron chi connectivity index (χ3n) is 2.41. The molecule has 0 aromatic heterocycles. The summed E-state index contributed by atoms with van der Waals surface area (Å²) in [7, 11) is 0. The summed E-state index contributed by atoms with van der Waals surface area (Å²) in [4.78, 5) is 11.5. The van der Waals surface area contributed by atoms with E-state index < -0.39 is 5.54 Å². The highest BCUT2D eigenvalue weighted by atomic mass is 35.5. The van der Waals surface area contributed by atoms with Crippen LogP contribution in [-0.2, 0) is 10.3 Å². The van der Waals surface area contributed by atoms with E-state index in [1.807, 2.05) is 13.8 Å². The van der Waals surface area contributed by atoms with Crippen LogP contribution in [0.2, 0.25) is 10.0 Å². The fourth-order valence-corrected chi connectivity index (χ4v) is 2.06. The average Bonchev–Trinajstić information content (AvgIpc) is 2.15. The Morgan fingerprint density at radius 3 is 2.29 bits per heavy atom. The first-order chi connectivity index (χ1) is 7.85. The molecule has 94 valence electrons. The molecule has 0 aliphatic heterocycles. The summed E-state index contributed by atoms with van der Waals surface area (Å²) in [6.45, 7) is 4.12. The molecule has 1 amide bonds. The van der Waals surface area contributed by atoms with Crippen molar-refractivity contribution in [1.82, 2.24) is 5.32 Å². The Balaban J connectivity index is 2.92. The van der Waals surface area contributed by atoms with Gasteiger partial charge in [0.15, 0.2) is 0 Å². The molecule has 0 atom stereocenters. The Hall–Kier alpha value is -0.770. The number of benzene rings is 1. The molecule has 0 saturated heterocycles. The molecule has 0 bridgehead atoms. The average molecular weight is 275 g/mol. The van der Waals surface area contributed by atoms with Gasteiger partial charge in [-0.2, -0.15) is 0 Å². The molecule has 17 heavy (non-hydrogen) atoms. The van der Waals surface area contributed by atoms with Crippen molar-refractivity contribution >= 4 is 29.1 Å². The Morgan fingerprint density at radius 2 is 1.82 bits per heavy atom. The number of rotatable bonds is 4. The van der Waals surface area contributed by atoms with E-state index in [4.69, 9.17) is 28.9 Å². The highest BCUT2D eigenvalue weighted by Crippen LogP contribution is 2.27. The second-order valence-electron chi connectivity index (χ2n) is 4.37. The molecule has 3 nitrogen and oxygen atoms in total. The second kappa shape index (κ2) is 5.71. The van der Waals surface area contributed by atoms with Gasteiger partial charge in [-0.15, -0.1) is 0 Å². The van der Waals surface area contributed by atoms with Gasteiger partial charge in [-0.1, -0.05) is 23.2 Å². The maximum atomic E-state index is 11.5. The van der Waals surface area contributed by atoms with Crippen LogP contribution in [-0.4, -0.2) is 12.5 Å². The Kier molecular flexibility index (Phi) is 4.80. The highest BCUT2D eigenvalue weighted by Gasteiger charge is 2.23. The van der Waals surface area contributed by atoms with E-state index in [-0.39, 0.29) is 5.91 Å².